The van der Waals surface area contributed by atoms with Crippen molar-refractivity contribution in [3.05, 3.63) is 17.5 Å². The average molecular weight is 268 g/mol. The van der Waals surface area contributed by atoms with E-state index < -0.39 is 23.8 Å². The Balaban J connectivity index is 2.02. The Labute approximate surface area is 109 Å². The number of hydrogen-bond acceptors (Lipinski definition) is 5. The van der Waals surface area contributed by atoms with Gasteiger partial charge in [0.2, 0.25) is 0 Å². The summed E-state index contributed by atoms with van der Waals surface area (Å²) in [6.07, 6.45) is 0.336. The Morgan fingerprint density at radius 1 is 1.42 bits per heavy atom. The molecule has 1 aromatic heterocycles. The highest BCUT2D eigenvalue weighted by molar-refractivity contribution is 5.80. The van der Waals surface area contributed by atoms with Crippen molar-refractivity contribution in [1.82, 2.24) is 10.1 Å². The van der Waals surface area contributed by atoms with Gasteiger partial charge in [-0.05, 0) is 19.9 Å². The zero-order valence-corrected chi connectivity index (χ0v) is 10.6. The number of aromatic nitrogens is 1. The zero-order valence-electron chi connectivity index (χ0n) is 10.6. The third-order valence-electron chi connectivity index (χ3n) is 3.39. The molecule has 0 bridgehead atoms. The molecule has 0 saturated carbocycles. The van der Waals surface area contributed by atoms with Crippen molar-refractivity contribution in [3.63, 3.8) is 0 Å². The van der Waals surface area contributed by atoms with Crippen molar-refractivity contribution >= 4 is 11.9 Å². The van der Waals surface area contributed by atoms with E-state index in [0.717, 1.165) is 5.69 Å². The van der Waals surface area contributed by atoms with Crippen molar-refractivity contribution in [1.29, 1.82) is 0 Å². The zero-order chi connectivity index (χ0) is 14.0. The van der Waals surface area contributed by atoms with Gasteiger partial charge < -0.3 is 14.7 Å². The predicted octanol–water partition coefficient (Wildman–Crippen LogP) is 0.590. The first-order chi connectivity index (χ1) is 8.97. The van der Waals surface area contributed by atoms with Gasteiger partial charge in [-0.15, -0.1) is 0 Å². The summed E-state index contributed by atoms with van der Waals surface area (Å²) in [6, 6.07) is 1.79. The van der Waals surface area contributed by atoms with Crippen LogP contribution in [-0.2, 0) is 16.1 Å². The van der Waals surface area contributed by atoms with Crippen molar-refractivity contribution < 1.29 is 24.3 Å². The average Bonchev–Trinajstić information content (AvgIpc) is 2.74. The van der Waals surface area contributed by atoms with Crippen LogP contribution in [0.5, 0.6) is 0 Å². The molecule has 2 N–H and O–H groups in total. The Morgan fingerprint density at radius 2 is 2.11 bits per heavy atom. The van der Waals surface area contributed by atoms with Gasteiger partial charge in [0.1, 0.15) is 5.76 Å². The van der Waals surface area contributed by atoms with Crippen LogP contribution in [0.15, 0.2) is 10.6 Å². The summed E-state index contributed by atoms with van der Waals surface area (Å²) in [7, 11) is 0. The molecule has 2 atom stereocenters. The fourth-order valence-corrected chi connectivity index (χ4v) is 2.43. The van der Waals surface area contributed by atoms with Crippen molar-refractivity contribution in [2.45, 2.75) is 19.9 Å². The molecule has 7 nitrogen and oxygen atoms in total. The second-order valence-electron chi connectivity index (χ2n) is 4.84. The largest absolute Gasteiger partial charge is 0.481 e. The quantitative estimate of drug-likeness (QED) is 0.823. The molecule has 2 heterocycles. The lowest BCUT2D eigenvalue weighted by atomic mass is 9.85. The third kappa shape index (κ3) is 3.11. The van der Waals surface area contributed by atoms with Crippen LogP contribution in [0.4, 0.5) is 0 Å². The molecular formula is C12H16N2O5. The summed E-state index contributed by atoms with van der Waals surface area (Å²) in [6.45, 7) is 3.03. The molecular weight excluding hydrogens is 252 g/mol. The van der Waals surface area contributed by atoms with Crippen LogP contribution in [0.3, 0.4) is 0 Å². The molecule has 0 aromatic carbocycles. The van der Waals surface area contributed by atoms with Gasteiger partial charge in [-0.3, -0.25) is 14.5 Å². The third-order valence-corrected chi connectivity index (χ3v) is 3.39. The molecule has 104 valence electrons. The van der Waals surface area contributed by atoms with Crippen LogP contribution in [0, 0.1) is 18.8 Å². The van der Waals surface area contributed by atoms with E-state index in [4.69, 9.17) is 14.7 Å². The Bertz CT molecular complexity index is 484. The molecule has 1 aromatic rings. The highest BCUT2D eigenvalue weighted by Crippen LogP contribution is 2.25. The summed E-state index contributed by atoms with van der Waals surface area (Å²) in [4.78, 5) is 24.1. The second-order valence-corrected chi connectivity index (χ2v) is 4.84. The van der Waals surface area contributed by atoms with Gasteiger partial charge >= 0.3 is 11.9 Å². The van der Waals surface area contributed by atoms with Crippen molar-refractivity contribution in [3.8, 4) is 0 Å². The standard InChI is InChI=1S/C12H16N2O5/c1-7-4-8(13-19-7)5-14-3-2-9(11(15)16)10(6-14)12(17)18/h4,9-10H,2-3,5-6H2,1H3,(H,15,16)(H,17,18). The van der Waals surface area contributed by atoms with E-state index in [-0.39, 0.29) is 6.54 Å². The maximum Gasteiger partial charge on any atom is 0.308 e. The van der Waals surface area contributed by atoms with Gasteiger partial charge in [0.15, 0.2) is 0 Å². The smallest absolute Gasteiger partial charge is 0.308 e. The van der Waals surface area contributed by atoms with Crippen LogP contribution in [0.1, 0.15) is 17.9 Å². The number of carboxylic acid groups (broad SMARTS) is 2. The number of carbonyl (C=O) groups is 2. The van der Waals surface area contributed by atoms with Crippen LogP contribution < -0.4 is 0 Å². The van der Waals surface area contributed by atoms with E-state index in [2.05, 4.69) is 5.16 Å². The number of hydrogen-bond donors (Lipinski definition) is 2. The van der Waals surface area contributed by atoms with E-state index in [1.54, 1.807) is 13.0 Å². The molecule has 1 aliphatic heterocycles. The van der Waals surface area contributed by atoms with E-state index in [1.807, 2.05) is 4.90 Å². The van der Waals surface area contributed by atoms with Crippen molar-refractivity contribution in [2.75, 3.05) is 13.1 Å². The van der Waals surface area contributed by atoms with E-state index in [1.165, 1.54) is 0 Å². The number of rotatable bonds is 4. The highest BCUT2D eigenvalue weighted by Gasteiger charge is 2.38. The van der Waals surface area contributed by atoms with Gasteiger partial charge in [0.05, 0.1) is 17.5 Å². The molecule has 0 amide bonds. The summed E-state index contributed by atoms with van der Waals surface area (Å²) >= 11 is 0. The van der Waals surface area contributed by atoms with Gasteiger partial charge in [-0.1, -0.05) is 5.16 Å². The van der Waals surface area contributed by atoms with Crippen LogP contribution in [0.2, 0.25) is 0 Å². The van der Waals surface area contributed by atoms with E-state index in [9.17, 15) is 9.59 Å². The van der Waals surface area contributed by atoms with Gasteiger partial charge in [-0.25, -0.2) is 0 Å². The van der Waals surface area contributed by atoms with Crippen LogP contribution in [0.25, 0.3) is 0 Å². The minimum Gasteiger partial charge on any atom is -0.481 e. The fraction of sp³-hybridized carbons (Fsp3) is 0.583. The number of piperidine rings is 1. The molecule has 0 aliphatic carbocycles. The molecule has 2 rings (SSSR count). The first-order valence-electron chi connectivity index (χ1n) is 6.07. The Hall–Kier alpha value is -1.89. The van der Waals surface area contributed by atoms with Crippen LogP contribution in [-0.4, -0.2) is 45.3 Å². The first kappa shape index (κ1) is 13.5. The molecule has 1 saturated heterocycles. The normalized spacial score (nSPS) is 24.3. The molecule has 2 unspecified atom stereocenters. The number of nitrogens with zero attached hydrogens (tertiary/aromatic N) is 2. The SMILES string of the molecule is Cc1cc(CN2CCC(C(=O)O)C(C(=O)O)C2)no1. The minimum absolute atomic E-state index is 0.220. The van der Waals surface area contributed by atoms with Gasteiger partial charge in [0, 0.05) is 19.2 Å². The van der Waals surface area contributed by atoms with Gasteiger partial charge in [0.25, 0.3) is 0 Å². The van der Waals surface area contributed by atoms with E-state index >= 15 is 0 Å². The van der Waals surface area contributed by atoms with E-state index in [0.29, 0.717) is 25.3 Å². The molecule has 0 spiro atoms. The summed E-state index contributed by atoms with van der Waals surface area (Å²) < 4.78 is 4.95. The second kappa shape index (κ2) is 5.40. The maximum atomic E-state index is 11.1. The van der Waals surface area contributed by atoms with Gasteiger partial charge in [-0.2, -0.15) is 0 Å². The summed E-state index contributed by atoms with van der Waals surface area (Å²) in [5.41, 5.74) is 0.732. The lowest BCUT2D eigenvalue weighted by Crippen LogP contribution is -2.46. The molecule has 19 heavy (non-hydrogen) atoms. The minimum atomic E-state index is -1.06. The Kier molecular flexibility index (Phi) is 3.84. The predicted molar refractivity (Wildman–Crippen MR) is 63.4 cm³/mol. The highest BCUT2D eigenvalue weighted by atomic mass is 16.5. The van der Waals surface area contributed by atoms with Crippen molar-refractivity contribution in [2.24, 2.45) is 11.8 Å². The monoisotopic (exact) mass is 268 g/mol. The number of aliphatic carboxylic acids is 2. The lowest BCUT2D eigenvalue weighted by molar-refractivity contribution is -0.157. The topological polar surface area (TPSA) is 104 Å². The maximum absolute atomic E-state index is 11.1. The number of aryl methyl sites for hydroxylation is 1. The van der Waals surface area contributed by atoms with Crippen LogP contribution >= 0.6 is 0 Å². The Morgan fingerprint density at radius 3 is 2.63 bits per heavy atom. The molecule has 1 fully saturated rings. The number of likely N-dealkylation sites (tertiary alicyclic amines) is 1. The lowest BCUT2D eigenvalue weighted by Gasteiger charge is -2.33. The summed E-state index contributed by atoms with van der Waals surface area (Å²) in [5, 5.41) is 22.0. The first-order valence-corrected chi connectivity index (χ1v) is 6.07. The molecule has 1 aliphatic rings. The summed E-state index contributed by atoms with van der Waals surface area (Å²) in [5.74, 6) is -3.09. The fourth-order valence-electron chi connectivity index (χ4n) is 2.43. The molecule has 7 heteroatoms. The molecule has 0 radical (unpaired) electrons. The number of carboxylic acids is 2.